The molecule has 2 aromatic heterocycles. The van der Waals surface area contributed by atoms with Crippen molar-refractivity contribution in [2.45, 2.75) is 32.4 Å². The van der Waals surface area contributed by atoms with E-state index in [1.165, 1.54) is 23.5 Å². The van der Waals surface area contributed by atoms with E-state index in [2.05, 4.69) is 35.0 Å². The van der Waals surface area contributed by atoms with Crippen molar-refractivity contribution >= 4 is 31.0 Å². The second-order valence-corrected chi connectivity index (χ2v) is 15.6. The quantitative estimate of drug-likeness (QED) is 0.217. The summed E-state index contributed by atoms with van der Waals surface area (Å²) in [4.78, 5) is 17.4. The minimum atomic E-state index is -1.12. The molecule has 0 spiro atoms. The van der Waals surface area contributed by atoms with E-state index in [0.29, 0.717) is 28.7 Å². The molecule has 34 heavy (non-hydrogen) atoms. The molecule has 4 aromatic rings. The normalized spacial score (nSPS) is 11.5. The molecule has 2 heterocycles. The first kappa shape index (κ1) is 24.0. The van der Waals surface area contributed by atoms with Crippen molar-refractivity contribution in [3.63, 3.8) is 0 Å². The van der Waals surface area contributed by atoms with Crippen molar-refractivity contribution in [1.82, 2.24) is 14.8 Å². The topological polar surface area (TPSA) is 69.0 Å². The van der Waals surface area contributed by atoms with Crippen molar-refractivity contribution in [2.24, 2.45) is 0 Å². The van der Waals surface area contributed by atoms with Crippen LogP contribution in [0.1, 0.15) is 10.5 Å². The molecule has 0 unspecified atom stereocenters. The largest absolute Gasteiger partial charge is 0.360 e. The molecule has 0 saturated heterocycles. The fraction of sp³-hybridized carbons (Fsp3) is 0.240. The van der Waals surface area contributed by atoms with E-state index in [9.17, 15) is 9.18 Å². The third-order valence-corrected chi connectivity index (χ3v) is 7.75. The Labute approximate surface area is 203 Å². The van der Waals surface area contributed by atoms with Gasteiger partial charge in [0.05, 0.1) is 6.20 Å². The highest BCUT2D eigenvalue weighted by molar-refractivity contribution is 7.13. The van der Waals surface area contributed by atoms with Crippen LogP contribution in [0.15, 0.2) is 66.3 Å². The number of amides is 1. The number of carbonyl (C=O) groups excluding carboxylic acids is 1. The third-order valence-electron chi connectivity index (χ3n) is 5.15. The number of thiazole rings is 1. The molecule has 0 fully saturated rings. The SMILES string of the molecule is C[Si](C)(C)CCOCn1cc(-c2nc(C(=O)Nc3ccc(F)cc3-c3ccccc3)cs2)cn1. The molecule has 0 saturated carbocycles. The van der Waals surface area contributed by atoms with E-state index in [-0.39, 0.29) is 11.7 Å². The molecule has 9 heteroatoms. The van der Waals surface area contributed by atoms with Gasteiger partial charge in [-0.15, -0.1) is 11.3 Å². The molecule has 1 amide bonds. The number of rotatable bonds is 9. The fourth-order valence-electron chi connectivity index (χ4n) is 3.26. The summed E-state index contributed by atoms with van der Waals surface area (Å²) in [5.41, 5.74) is 3.07. The van der Waals surface area contributed by atoms with Gasteiger partial charge in [-0.05, 0) is 29.8 Å². The predicted octanol–water partition coefficient (Wildman–Crippen LogP) is 6.38. The summed E-state index contributed by atoms with van der Waals surface area (Å²) < 4.78 is 21.4. The maximum Gasteiger partial charge on any atom is 0.275 e. The van der Waals surface area contributed by atoms with Crippen LogP contribution >= 0.6 is 11.3 Å². The zero-order valence-electron chi connectivity index (χ0n) is 19.4. The highest BCUT2D eigenvalue weighted by Crippen LogP contribution is 2.30. The molecule has 4 rings (SSSR count). The van der Waals surface area contributed by atoms with Gasteiger partial charge in [0.25, 0.3) is 5.91 Å². The Kier molecular flexibility index (Phi) is 7.35. The van der Waals surface area contributed by atoms with Crippen LogP contribution in [0.3, 0.4) is 0 Å². The van der Waals surface area contributed by atoms with Gasteiger partial charge in [-0.2, -0.15) is 5.10 Å². The van der Waals surface area contributed by atoms with Crippen LogP contribution in [0, 0.1) is 5.82 Å². The van der Waals surface area contributed by atoms with Crippen LogP contribution in [-0.2, 0) is 11.5 Å². The summed E-state index contributed by atoms with van der Waals surface area (Å²) in [6.07, 6.45) is 3.58. The Morgan fingerprint density at radius 1 is 1.15 bits per heavy atom. The number of nitrogens with one attached hydrogen (secondary N) is 1. The lowest BCUT2D eigenvalue weighted by atomic mass is 10.0. The molecule has 0 atom stereocenters. The lowest BCUT2D eigenvalue weighted by molar-refractivity contribution is 0.0786. The number of aromatic nitrogens is 3. The van der Waals surface area contributed by atoms with Crippen molar-refractivity contribution < 1.29 is 13.9 Å². The Bertz CT molecular complexity index is 1270. The van der Waals surface area contributed by atoms with E-state index >= 15 is 0 Å². The summed E-state index contributed by atoms with van der Waals surface area (Å²) in [7, 11) is -1.12. The minimum Gasteiger partial charge on any atom is -0.360 e. The van der Waals surface area contributed by atoms with E-state index in [0.717, 1.165) is 23.8 Å². The molecule has 6 nitrogen and oxygen atoms in total. The van der Waals surface area contributed by atoms with Gasteiger partial charge in [-0.3, -0.25) is 4.79 Å². The number of anilines is 1. The van der Waals surface area contributed by atoms with Crippen molar-refractivity contribution in [1.29, 1.82) is 0 Å². The molecule has 176 valence electrons. The maximum absolute atomic E-state index is 13.9. The Balaban J connectivity index is 1.43. The van der Waals surface area contributed by atoms with Gasteiger partial charge < -0.3 is 10.1 Å². The Morgan fingerprint density at radius 2 is 1.94 bits per heavy atom. The predicted molar refractivity (Wildman–Crippen MR) is 137 cm³/mol. The standard InChI is InChI=1S/C25H27FN4O2SSi/c1-34(2,3)12-11-32-17-30-15-19(14-27-30)25-29-23(16-33-25)24(31)28-22-10-9-20(26)13-21(22)18-7-5-4-6-8-18/h4-10,13-16H,11-12,17H2,1-3H3,(H,28,31). The van der Waals surface area contributed by atoms with Gasteiger partial charge in [-0.1, -0.05) is 50.0 Å². The van der Waals surface area contributed by atoms with Gasteiger partial charge in [-0.25, -0.2) is 14.1 Å². The van der Waals surface area contributed by atoms with Crippen molar-refractivity contribution in [3.05, 3.63) is 77.8 Å². The van der Waals surface area contributed by atoms with Gasteiger partial charge >= 0.3 is 0 Å². The zero-order valence-corrected chi connectivity index (χ0v) is 21.2. The third kappa shape index (κ3) is 6.25. The summed E-state index contributed by atoms with van der Waals surface area (Å²) in [6, 6.07) is 14.8. The molecule has 0 aliphatic carbocycles. The second kappa shape index (κ2) is 10.4. The number of halogens is 1. The van der Waals surface area contributed by atoms with Crippen LogP contribution in [-0.4, -0.2) is 35.4 Å². The summed E-state index contributed by atoms with van der Waals surface area (Å²) >= 11 is 1.37. The van der Waals surface area contributed by atoms with Crippen molar-refractivity contribution in [3.8, 4) is 21.7 Å². The number of hydrogen-bond donors (Lipinski definition) is 1. The first-order chi connectivity index (χ1) is 16.3. The number of hydrogen-bond acceptors (Lipinski definition) is 5. The molecular weight excluding hydrogens is 467 g/mol. The van der Waals surface area contributed by atoms with Crippen LogP contribution < -0.4 is 5.32 Å². The first-order valence-electron chi connectivity index (χ1n) is 11.0. The van der Waals surface area contributed by atoms with Gasteiger partial charge in [0.15, 0.2) is 0 Å². The van der Waals surface area contributed by atoms with Crippen LogP contribution in [0.4, 0.5) is 10.1 Å². The monoisotopic (exact) mass is 494 g/mol. The molecular formula is C25H27FN4O2SSi. The van der Waals surface area contributed by atoms with Crippen LogP contribution in [0.2, 0.25) is 25.7 Å². The smallest absolute Gasteiger partial charge is 0.275 e. The summed E-state index contributed by atoms with van der Waals surface area (Å²) in [6.45, 7) is 8.06. The van der Waals surface area contributed by atoms with E-state index in [1.807, 2.05) is 36.5 Å². The minimum absolute atomic E-state index is 0.294. The molecule has 2 aromatic carbocycles. The average Bonchev–Trinajstić information content (AvgIpc) is 3.48. The number of carbonyl (C=O) groups is 1. The maximum atomic E-state index is 13.9. The van der Waals surface area contributed by atoms with Crippen LogP contribution in [0.5, 0.6) is 0 Å². The van der Waals surface area contributed by atoms with E-state index in [1.54, 1.807) is 22.3 Å². The average molecular weight is 495 g/mol. The fourth-order valence-corrected chi connectivity index (χ4v) is 4.79. The molecule has 0 aliphatic heterocycles. The highest BCUT2D eigenvalue weighted by Gasteiger charge is 2.16. The van der Waals surface area contributed by atoms with Crippen LogP contribution in [0.25, 0.3) is 21.7 Å². The first-order valence-corrected chi connectivity index (χ1v) is 15.6. The summed E-state index contributed by atoms with van der Waals surface area (Å²) in [5.74, 6) is -0.720. The molecule has 0 bridgehead atoms. The van der Waals surface area contributed by atoms with Gasteiger partial charge in [0, 0.05) is 43.1 Å². The van der Waals surface area contributed by atoms with Gasteiger partial charge in [0.1, 0.15) is 23.2 Å². The number of ether oxygens (including phenoxy) is 1. The molecule has 1 N–H and O–H groups in total. The molecule has 0 radical (unpaired) electrons. The zero-order chi connectivity index (χ0) is 24.1. The highest BCUT2D eigenvalue weighted by atomic mass is 32.1. The summed E-state index contributed by atoms with van der Waals surface area (Å²) in [5, 5.41) is 9.61. The second-order valence-electron chi connectivity index (χ2n) is 9.16. The lowest BCUT2D eigenvalue weighted by Crippen LogP contribution is -2.22. The number of benzene rings is 2. The number of nitrogens with zero attached hydrogens (tertiary/aromatic N) is 3. The lowest BCUT2D eigenvalue weighted by Gasteiger charge is -2.15. The van der Waals surface area contributed by atoms with E-state index < -0.39 is 8.07 Å². The Hall–Kier alpha value is -3.14. The molecule has 0 aliphatic rings. The van der Waals surface area contributed by atoms with Crippen molar-refractivity contribution in [2.75, 3.05) is 11.9 Å². The Morgan fingerprint density at radius 3 is 2.71 bits per heavy atom. The van der Waals surface area contributed by atoms with E-state index in [4.69, 9.17) is 4.74 Å². The van der Waals surface area contributed by atoms with Gasteiger partial charge in [0.2, 0.25) is 0 Å².